The quantitative estimate of drug-likeness (QED) is 0.269. The number of likely N-dealkylation sites (N-methyl/N-ethyl adjacent to an activating group) is 1. The highest BCUT2D eigenvalue weighted by Crippen LogP contribution is 2.40. The highest BCUT2D eigenvalue weighted by atomic mass is 35.5. The highest BCUT2D eigenvalue weighted by Gasteiger charge is 2.22. The molecule has 0 bridgehead atoms. The Morgan fingerprint density at radius 2 is 1.72 bits per heavy atom. The average molecular weight is 496 g/mol. The van der Waals surface area contributed by atoms with Crippen LogP contribution in [0.2, 0.25) is 0 Å². The van der Waals surface area contributed by atoms with Crippen molar-refractivity contribution in [2.24, 2.45) is 0 Å². The lowest BCUT2D eigenvalue weighted by molar-refractivity contribution is -0.118. The number of benzene rings is 2. The number of aromatic nitrogens is 1. The van der Waals surface area contributed by atoms with Crippen LogP contribution in [0.25, 0.3) is 10.2 Å². The molecule has 174 valence electrons. The van der Waals surface area contributed by atoms with E-state index in [9.17, 15) is 4.79 Å². The molecule has 1 amide bonds. The van der Waals surface area contributed by atoms with Crippen molar-refractivity contribution in [2.45, 2.75) is 17.7 Å². The van der Waals surface area contributed by atoms with Gasteiger partial charge in [-0.2, -0.15) is 0 Å². The normalized spacial score (nSPS) is 10.8. The fourth-order valence-electron chi connectivity index (χ4n) is 3.08. The van der Waals surface area contributed by atoms with Crippen molar-refractivity contribution in [2.75, 3.05) is 52.1 Å². The van der Waals surface area contributed by atoms with Crippen LogP contribution in [0.1, 0.15) is 12.8 Å². The summed E-state index contributed by atoms with van der Waals surface area (Å²) in [6.07, 6.45) is 1.30. The molecular formula is C23H30ClN3O3S2. The van der Waals surface area contributed by atoms with Crippen molar-refractivity contribution in [3.05, 3.63) is 42.5 Å². The minimum Gasteiger partial charge on any atom is -0.495 e. The fourth-order valence-corrected chi connectivity index (χ4v) is 5.07. The molecule has 0 saturated heterocycles. The summed E-state index contributed by atoms with van der Waals surface area (Å²) in [5.74, 6) is 2.41. The van der Waals surface area contributed by atoms with E-state index in [-0.39, 0.29) is 18.3 Å². The molecular weight excluding hydrogens is 466 g/mol. The first-order valence-corrected chi connectivity index (χ1v) is 12.0. The molecule has 0 aliphatic carbocycles. The Hall–Kier alpha value is -2.00. The Morgan fingerprint density at radius 1 is 1.03 bits per heavy atom. The summed E-state index contributed by atoms with van der Waals surface area (Å²) >= 11 is 3.24. The second kappa shape index (κ2) is 12.9. The monoisotopic (exact) mass is 495 g/mol. The summed E-state index contributed by atoms with van der Waals surface area (Å²) in [6.45, 7) is 1.34. The molecule has 1 heterocycles. The van der Waals surface area contributed by atoms with Crippen LogP contribution in [-0.2, 0) is 4.79 Å². The van der Waals surface area contributed by atoms with Crippen LogP contribution < -0.4 is 14.4 Å². The van der Waals surface area contributed by atoms with Gasteiger partial charge in [0, 0.05) is 24.4 Å². The number of thioether (sulfide) groups is 1. The molecule has 2 aromatic carbocycles. The molecule has 0 fully saturated rings. The predicted molar refractivity (Wildman–Crippen MR) is 137 cm³/mol. The number of fused-ring (bicyclic) bond motifs is 1. The van der Waals surface area contributed by atoms with Gasteiger partial charge in [-0.3, -0.25) is 9.69 Å². The van der Waals surface area contributed by atoms with E-state index in [1.54, 1.807) is 30.9 Å². The van der Waals surface area contributed by atoms with Crippen LogP contribution in [-0.4, -0.2) is 62.9 Å². The van der Waals surface area contributed by atoms with Gasteiger partial charge in [-0.05, 0) is 50.5 Å². The van der Waals surface area contributed by atoms with Crippen LogP contribution in [0, 0.1) is 0 Å². The lowest BCUT2D eigenvalue weighted by Crippen LogP contribution is -2.36. The number of hydrogen-bond donors (Lipinski definition) is 0. The Morgan fingerprint density at radius 3 is 2.38 bits per heavy atom. The zero-order valence-corrected chi connectivity index (χ0v) is 21.3. The van der Waals surface area contributed by atoms with E-state index in [1.165, 1.54) is 16.2 Å². The third-order valence-corrected chi connectivity index (χ3v) is 6.94. The SMILES string of the molecule is COc1ccc(OC)c2sc(N(CCN(C)C)C(=O)CCCSc3ccccc3)nc12.Cl. The minimum atomic E-state index is 0. The van der Waals surface area contributed by atoms with Crippen molar-refractivity contribution in [1.29, 1.82) is 0 Å². The Kier molecular flexibility index (Phi) is 10.6. The predicted octanol–water partition coefficient (Wildman–Crippen LogP) is 5.20. The summed E-state index contributed by atoms with van der Waals surface area (Å²) < 4.78 is 11.9. The number of carbonyl (C=O) groups excluding carboxylic acids is 1. The van der Waals surface area contributed by atoms with E-state index < -0.39 is 0 Å². The largest absolute Gasteiger partial charge is 0.495 e. The number of ether oxygens (including phenoxy) is 2. The zero-order chi connectivity index (χ0) is 22.2. The van der Waals surface area contributed by atoms with Gasteiger partial charge in [-0.15, -0.1) is 24.2 Å². The van der Waals surface area contributed by atoms with E-state index in [4.69, 9.17) is 14.5 Å². The van der Waals surface area contributed by atoms with Crippen LogP contribution in [0.15, 0.2) is 47.4 Å². The molecule has 0 radical (unpaired) electrons. The molecule has 3 rings (SSSR count). The average Bonchev–Trinajstić information content (AvgIpc) is 3.21. The van der Waals surface area contributed by atoms with E-state index in [2.05, 4.69) is 17.0 Å². The molecule has 0 N–H and O–H groups in total. The van der Waals surface area contributed by atoms with E-state index in [0.29, 0.717) is 23.8 Å². The number of anilines is 1. The maximum absolute atomic E-state index is 13.2. The smallest absolute Gasteiger partial charge is 0.228 e. The lowest BCUT2D eigenvalue weighted by atomic mass is 10.3. The van der Waals surface area contributed by atoms with Gasteiger partial charge in [0.25, 0.3) is 0 Å². The van der Waals surface area contributed by atoms with E-state index in [1.807, 2.05) is 44.4 Å². The molecule has 0 atom stereocenters. The Labute approximate surface area is 204 Å². The topological polar surface area (TPSA) is 54.9 Å². The highest BCUT2D eigenvalue weighted by molar-refractivity contribution is 7.99. The van der Waals surface area contributed by atoms with Crippen molar-refractivity contribution in [3.63, 3.8) is 0 Å². The first kappa shape index (κ1) is 26.3. The minimum absolute atomic E-state index is 0. The number of hydrogen-bond acceptors (Lipinski definition) is 7. The van der Waals surface area contributed by atoms with Crippen LogP contribution >= 0.6 is 35.5 Å². The molecule has 9 heteroatoms. The number of carbonyl (C=O) groups is 1. The molecule has 0 aliphatic heterocycles. The van der Waals surface area contributed by atoms with E-state index >= 15 is 0 Å². The molecule has 6 nitrogen and oxygen atoms in total. The first-order valence-electron chi connectivity index (χ1n) is 10.2. The molecule has 0 unspecified atom stereocenters. The number of nitrogens with zero attached hydrogens (tertiary/aromatic N) is 3. The van der Waals surface area contributed by atoms with Crippen molar-refractivity contribution >= 4 is 56.8 Å². The number of methoxy groups -OCH3 is 2. The molecule has 0 aliphatic rings. The van der Waals surface area contributed by atoms with Crippen molar-refractivity contribution < 1.29 is 14.3 Å². The lowest BCUT2D eigenvalue weighted by Gasteiger charge is -2.22. The first-order chi connectivity index (χ1) is 15.0. The molecule has 3 aromatic rings. The van der Waals surface area contributed by atoms with Crippen molar-refractivity contribution in [1.82, 2.24) is 9.88 Å². The summed E-state index contributed by atoms with van der Waals surface area (Å²) in [4.78, 5) is 23.0. The maximum atomic E-state index is 13.2. The van der Waals surface area contributed by atoms with E-state index in [0.717, 1.165) is 34.7 Å². The third kappa shape index (κ3) is 6.75. The van der Waals surface area contributed by atoms with Crippen molar-refractivity contribution in [3.8, 4) is 11.5 Å². The maximum Gasteiger partial charge on any atom is 0.228 e. The number of thiazole rings is 1. The van der Waals surface area contributed by atoms with Crippen LogP contribution in [0.4, 0.5) is 5.13 Å². The van der Waals surface area contributed by atoms with Gasteiger partial charge in [0.15, 0.2) is 5.13 Å². The number of rotatable bonds is 11. The van der Waals surface area contributed by atoms with Gasteiger partial charge in [0.05, 0.1) is 14.2 Å². The number of halogens is 1. The second-order valence-corrected chi connectivity index (χ2v) is 9.40. The Bertz CT molecular complexity index is 958. The van der Waals surface area contributed by atoms with Crippen LogP contribution in [0.3, 0.4) is 0 Å². The Balaban J connectivity index is 0.00000363. The summed E-state index contributed by atoms with van der Waals surface area (Å²) in [5.41, 5.74) is 0.726. The molecule has 0 saturated carbocycles. The number of amides is 1. The van der Waals surface area contributed by atoms with Gasteiger partial charge >= 0.3 is 0 Å². The van der Waals surface area contributed by atoms with Gasteiger partial charge in [0.2, 0.25) is 5.91 Å². The fraction of sp³-hybridized carbons (Fsp3) is 0.391. The molecule has 0 spiro atoms. The summed E-state index contributed by atoms with van der Waals surface area (Å²) in [6, 6.07) is 14.0. The van der Waals surface area contributed by atoms with Crippen LogP contribution in [0.5, 0.6) is 11.5 Å². The van der Waals surface area contributed by atoms with Gasteiger partial charge in [-0.25, -0.2) is 4.98 Å². The second-order valence-electron chi connectivity index (χ2n) is 7.26. The summed E-state index contributed by atoms with van der Waals surface area (Å²) in [7, 11) is 7.27. The molecule has 1 aromatic heterocycles. The molecule has 32 heavy (non-hydrogen) atoms. The zero-order valence-electron chi connectivity index (χ0n) is 18.9. The summed E-state index contributed by atoms with van der Waals surface area (Å²) in [5, 5.41) is 0.681. The van der Waals surface area contributed by atoms with Gasteiger partial charge < -0.3 is 14.4 Å². The standard InChI is InChI=1S/C23H29N3O3S2.ClH/c1-25(2)14-15-26(20(27)11-8-16-30-17-9-6-5-7-10-17)23-24-21-18(28-3)12-13-19(29-4)22(21)31-23;/h5-7,9-10,12-13H,8,11,14-16H2,1-4H3;1H. The van der Waals surface area contributed by atoms with Gasteiger partial charge in [-0.1, -0.05) is 29.5 Å². The third-order valence-electron chi connectivity index (χ3n) is 4.75. The van der Waals surface area contributed by atoms with Gasteiger partial charge in [0.1, 0.15) is 21.7 Å².